The largest absolute Gasteiger partial charge is 0.508 e. The van der Waals surface area contributed by atoms with Crippen LogP contribution in [0.3, 0.4) is 0 Å². The van der Waals surface area contributed by atoms with E-state index in [1.807, 2.05) is 97.9 Å². The molecule has 23 nitrogen and oxygen atoms in total. The first-order valence-corrected chi connectivity index (χ1v) is 33.4. The molecule has 2 N–H and O–H groups in total. The van der Waals surface area contributed by atoms with Gasteiger partial charge in [0.25, 0.3) is 0 Å². The average molecular weight is 1410 g/mol. The summed E-state index contributed by atoms with van der Waals surface area (Å²) in [5, 5.41) is 27.7. The number of ether oxygens (including phenoxy) is 17. The maximum absolute atomic E-state index is 12.6. The van der Waals surface area contributed by atoms with Crippen LogP contribution in [0.25, 0.3) is 87.6 Å². The van der Waals surface area contributed by atoms with Gasteiger partial charge in [-0.3, -0.25) is 0 Å². The molecule has 10 aliphatic heterocycles. The molecule has 0 atom stereocenters. The van der Waals surface area contributed by atoms with Crippen molar-refractivity contribution in [1.82, 2.24) is 0 Å². The first kappa shape index (κ1) is 62.6. The van der Waals surface area contributed by atoms with Crippen molar-refractivity contribution >= 4 is 67.0 Å². The third-order valence-corrected chi connectivity index (χ3v) is 20.2. The highest BCUT2D eigenvalue weighted by molar-refractivity contribution is 6.17. The van der Waals surface area contributed by atoms with Crippen LogP contribution in [0.1, 0.15) is 80.4 Å². The molecule has 0 bridgehead atoms. The van der Waals surface area contributed by atoms with Gasteiger partial charge in [0.1, 0.15) is 43.7 Å². The SMILES string of the molecule is COc1c2c(c(-c3ccc4c(c3)OCO4)c3cc4c(cc13)OCO4)C(=O)OC2.Cc1cc2c(-c3ccc4c(c3)OCO4)c3c(cc2cc1O)COC3=O.Cc1cc2cc3c(c(-c4ccc5c(c4)OCO5)c2cc1C)C(=O)OC3.O=C1OCc2c1c(-c1ccc3c(c1)OCO3)c1cc3c(cc1c2O)OCO3. The summed E-state index contributed by atoms with van der Waals surface area (Å²) in [5.41, 5.74) is 14.8. The van der Waals surface area contributed by atoms with E-state index in [1.54, 1.807) is 31.4 Å². The van der Waals surface area contributed by atoms with E-state index < -0.39 is 5.97 Å². The number of carbonyl (C=O) groups excluding carboxylic acids is 4. The number of phenolic OH excluding ortho intramolecular Hbond substituents is 2. The Kier molecular flexibility index (Phi) is 14.4. The third kappa shape index (κ3) is 10.1. The Bertz CT molecular complexity index is 5740. The van der Waals surface area contributed by atoms with Crippen molar-refractivity contribution in [2.45, 2.75) is 47.2 Å². The highest BCUT2D eigenvalue weighted by Crippen LogP contribution is 2.53. The number of hydrogen-bond donors (Lipinski definition) is 2. The maximum Gasteiger partial charge on any atom is 0.339 e. The van der Waals surface area contributed by atoms with Gasteiger partial charge in [-0.15, -0.1) is 0 Å². The number of fused-ring (bicyclic) bond motifs is 14. The van der Waals surface area contributed by atoms with Gasteiger partial charge in [-0.2, -0.15) is 0 Å². The van der Waals surface area contributed by atoms with Crippen LogP contribution in [-0.4, -0.2) is 82.0 Å². The Morgan fingerprint density at radius 3 is 1.05 bits per heavy atom. The number of aromatic hydroxyl groups is 2. The Morgan fingerprint density at radius 1 is 0.286 bits per heavy atom. The van der Waals surface area contributed by atoms with Gasteiger partial charge in [-0.1, -0.05) is 36.4 Å². The first-order valence-electron chi connectivity index (χ1n) is 33.4. The van der Waals surface area contributed by atoms with Gasteiger partial charge < -0.3 is 90.7 Å². The number of hydrogen-bond acceptors (Lipinski definition) is 23. The summed E-state index contributed by atoms with van der Waals surface area (Å²) in [7, 11) is 1.59. The van der Waals surface area contributed by atoms with Gasteiger partial charge in [0.2, 0.25) is 40.8 Å². The number of benzene rings is 12. The molecule has 522 valence electrons. The fourth-order valence-corrected chi connectivity index (χ4v) is 15.1. The van der Waals surface area contributed by atoms with Crippen molar-refractivity contribution in [3.8, 4) is 131 Å². The van der Waals surface area contributed by atoms with Crippen LogP contribution in [0.15, 0.2) is 133 Å². The van der Waals surface area contributed by atoms with Crippen molar-refractivity contribution < 1.29 is 110 Å². The molecule has 0 saturated heterocycles. The lowest BCUT2D eigenvalue weighted by molar-refractivity contribution is 0.0525. The summed E-state index contributed by atoms with van der Waals surface area (Å²) in [6, 6.07) is 41.8. The molecule has 0 spiro atoms. The van der Waals surface area contributed by atoms with Gasteiger partial charge in [0.05, 0.1) is 29.4 Å². The number of carbonyl (C=O) groups is 4. The first-order chi connectivity index (χ1) is 51.2. The van der Waals surface area contributed by atoms with Crippen LogP contribution in [0.4, 0.5) is 0 Å². The fourth-order valence-electron chi connectivity index (χ4n) is 15.1. The van der Waals surface area contributed by atoms with Crippen LogP contribution in [0, 0.1) is 20.8 Å². The smallest absolute Gasteiger partial charge is 0.339 e. The molecule has 0 aliphatic carbocycles. The molecule has 10 heterocycles. The average Bonchev–Trinajstić information content (AvgIpc) is 1.64. The second-order valence-electron chi connectivity index (χ2n) is 26.0. The van der Waals surface area contributed by atoms with Crippen LogP contribution in [-0.2, 0) is 45.4 Å². The van der Waals surface area contributed by atoms with E-state index >= 15 is 0 Å². The standard InChI is InChI=1S/C21H14O7.C21H16O4.C20H12O7.C20H14O5/c1-23-20-12-6-17-16(27-9-28-17)5-11(12)18(19-13(20)7-24-21(19)22)10-2-3-14-15(4-10)26-8-25-14;1-11-5-14-7-15-9-23-21(22)20(15)19(16(14)6-12(11)2)13-3-4-17-18(8-13)25-10-24-17;21-19-11-5-16-15(26-8-27-16)4-10(11)17(18-12(19)6-23-20(18)22)9-1-2-13-14(3-9)25-7-24-13;1-10-4-14-12(6-15(10)21)5-13-8-23-20(22)19(13)18(14)11-2-3-16-17(7-11)25-9-24-16/h2-6H,7-9H2,1H3;3-8H,9-10H2,1-2H3;1-5,21H,6-8H2;2-7,21H,8-9H2,1H3. The summed E-state index contributed by atoms with van der Waals surface area (Å²) in [6.45, 7) is 7.84. The number of methoxy groups -OCH3 is 1. The van der Waals surface area contributed by atoms with E-state index in [1.165, 1.54) is 11.1 Å². The van der Waals surface area contributed by atoms with Crippen molar-refractivity contribution in [2.24, 2.45) is 0 Å². The minimum atomic E-state index is -0.465. The highest BCUT2D eigenvalue weighted by atomic mass is 16.7. The summed E-state index contributed by atoms with van der Waals surface area (Å²) < 4.78 is 92.5. The lowest BCUT2D eigenvalue weighted by Crippen LogP contribution is -2.01. The zero-order chi connectivity index (χ0) is 71.2. The van der Waals surface area contributed by atoms with E-state index in [0.717, 1.165) is 99.3 Å². The van der Waals surface area contributed by atoms with E-state index in [2.05, 4.69) is 32.0 Å². The summed E-state index contributed by atoms with van der Waals surface area (Å²) in [6.07, 6.45) is 0. The predicted octanol–water partition coefficient (Wildman–Crippen LogP) is 15.4. The summed E-state index contributed by atoms with van der Waals surface area (Å²) in [5.74, 6) is 7.20. The Labute approximate surface area is 594 Å². The number of esters is 4. The monoisotopic (exact) mass is 1410 g/mol. The Hall–Kier alpha value is -13.4. The maximum atomic E-state index is 12.6. The summed E-state index contributed by atoms with van der Waals surface area (Å²) >= 11 is 0. The topological polar surface area (TPSA) is 266 Å². The zero-order valence-electron chi connectivity index (χ0n) is 56.2. The molecule has 0 radical (unpaired) electrons. The predicted molar refractivity (Wildman–Crippen MR) is 375 cm³/mol. The minimum Gasteiger partial charge on any atom is -0.508 e. The molecular formula is C82H56O23. The zero-order valence-corrected chi connectivity index (χ0v) is 56.2. The lowest BCUT2D eigenvalue weighted by Gasteiger charge is -2.16. The van der Waals surface area contributed by atoms with E-state index in [-0.39, 0.29) is 90.0 Å². The van der Waals surface area contributed by atoms with Crippen molar-refractivity contribution in [3.63, 3.8) is 0 Å². The molecule has 0 aromatic heterocycles. The molecule has 0 unspecified atom stereocenters. The second kappa shape index (κ2) is 24.1. The number of phenols is 2. The minimum absolute atomic E-state index is 0.0219. The van der Waals surface area contributed by atoms with Gasteiger partial charge in [0.15, 0.2) is 69.0 Å². The summed E-state index contributed by atoms with van der Waals surface area (Å²) in [4.78, 5) is 49.9. The van der Waals surface area contributed by atoms with Gasteiger partial charge in [-0.05, 0) is 189 Å². The number of aryl methyl sites for hydroxylation is 3. The lowest BCUT2D eigenvalue weighted by atomic mass is 9.89. The van der Waals surface area contributed by atoms with Gasteiger partial charge >= 0.3 is 23.9 Å². The van der Waals surface area contributed by atoms with Gasteiger partial charge in [0, 0.05) is 55.3 Å². The number of rotatable bonds is 5. The molecule has 12 aromatic rings. The normalized spacial score (nSPS) is 15.3. The van der Waals surface area contributed by atoms with E-state index in [0.29, 0.717) is 120 Å². The number of cyclic esters (lactones) is 4. The molecule has 0 saturated carbocycles. The highest BCUT2D eigenvalue weighted by Gasteiger charge is 2.37. The Morgan fingerprint density at radius 2 is 0.610 bits per heavy atom. The van der Waals surface area contributed by atoms with E-state index in [4.69, 9.17) is 80.5 Å². The molecular weight excluding hydrogens is 1350 g/mol. The third-order valence-electron chi connectivity index (χ3n) is 20.2. The molecule has 10 aliphatic rings. The van der Waals surface area contributed by atoms with Crippen LogP contribution < -0.4 is 61.6 Å². The van der Waals surface area contributed by atoms with E-state index in [9.17, 15) is 29.4 Å². The van der Waals surface area contributed by atoms with Crippen LogP contribution in [0.5, 0.6) is 86.2 Å². The molecule has 105 heavy (non-hydrogen) atoms. The van der Waals surface area contributed by atoms with Crippen molar-refractivity contribution in [3.05, 3.63) is 195 Å². The molecule has 22 rings (SSSR count). The van der Waals surface area contributed by atoms with Crippen LogP contribution >= 0.6 is 0 Å². The van der Waals surface area contributed by atoms with Gasteiger partial charge in [-0.25, -0.2) is 19.2 Å². The molecule has 23 heteroatoms. The second-order valence-corrected chi connectivity index (χ2v) is 26.0. The fraction of sp³-hybridized carbons (Fsp3) is 0.171. The van der Waals surface area contributed by atoms with Crippen molar-refractivity contribution in [2.75, 3.05) is 47.9 Å². The van der Waals surface area contributed by atoms with Crippen LogP contribution in [0.2, 0.25) is 0 Å². The molecule has 0 amide bonds. The van der Waals surface area contributed by atoms with Crippen molar-refractivity contribution in [1.29, 1.82) is 0 Å². The molecule has 12 aromatic carbocycles. The molecule has 0 fully saturated rings. The Balaban J connectivity index is 0.0000000962. The quantitative estimate of drug-likeness (QED) is 0.120.